The van der Waals surface area contributed by atoms with Crippen molar-refractivity contribution >= 4 is 38.6 Å². The van der Waals surface area contributed by atoms with E-state index in [-0.39, 0.29) is 10.1 Å². The lowest BCUT2D eigenvalue weighted by Crippen LogP contribution is -2.14. The lowest BCUT2D eigenvalue weighted by molar-refractivity contribution is 0.102. The van der Waals surface area contributed by atoms with Crippen LogP contribution in [0.5, 0.6) is 0 Å². The number of hydrogen-bond donors (Lipinski definition) is 2. The summed E-state index contributed by atoms with van der Waals surface area (Å²) < 4.78 is 32.4. The summed E-state index contributed by atoms with van der Waals surface area (Å²) in [4.78, 5) is 12.5. The lowest BCUT2D eigenvalue weighted by Gasteiger charge is -2.10. The molecule has 140 valence electrons. The molecular formula is C19H18N2O4S2. The van der Waals surface area contributed by atoms with Crippen LogP contribution < -0.4 is 10.0 Å². The summed E-state index contributed by atoms with van der Waals surface area (Å²) in [5.74, 6) is -0.332. The summed E-state index contributed by atoms with van der Waals surface area (Å²) in [5.41, 5.74) is 2.24. The molecule has 0 atom stereocenters. The highest BCUT2D eigenvalue weighted by molar-refractivity contribution is 7.94. The molecule has 0 aliphatic rings. The Labute approximate surface area is 161 Å². The van der Waals surface area contributed by atoms with Gasteiger partial charge in [0.2, 0.25) is 0 Å². The molecule has 2 N–H and O–H groups in total. The Morgan fingerprint density at radius 1 is 1.04 bits per heavy atom. The molecule has 1 aromatic heterocycles. The minimum absolute atomic E-state index is 0.215. The highest BCUT2D eigenvalue weighted by Crippen LogP contribution is 2.21. The van der Waals surface area contributed by atoms with Crippen LogP contribution >= 0.6 is 11.3 Å². The number of sulfonamides is 1. The summed E-state index contributed by atoms with van der Waals surface area (Å²) >= 11 is 1.13. The SMILES string of the molecule is COCc1cccc(NC(=O)c2cccc(NS(=O)(=O)c3cccs3)c2)c1. The summed E-state index contributed by atoms with van der Waals surface area (Å²) in [7, 11) is -2.06. The predicted molar refractivity (Wildman–Crippen MR) is 107 cm³/mol. The number of anilines is 2. The molecule has 0 unspecified atom stereocenters. The highest BCUT2D eigenvalue weighted by Gasteiger charge is 2.16. The zero-order valence-corrected chi connectivity index (χ0v) is 16.1. The molecule has 27 heavy (non-hydrogen) atoms. The van der Waals surface area contributed by atoms with Crippen molar-refractivity contribution < 1.29 is 17.9 Å². The van der Waals surface area contributed by atoms with Crippen molar-refractivity contribution in [3.05, 3.63) is 77.2 Å². The van der Waals surface area contributed by atoms with E-state index >= 15 is 0 Å². The van der Waals surface area contributed by atoms with E-state index in [4.69, 9.17) is 4.74 Å². The van der Waals surface area contributed by atoms with Gasteiger partial charge in [-0.1, -0.05) is 24.3 Å². The van der Waals surface area contributed by atoms with Crippen LogP contribution in [-0.2, 0) is 21.4 Å². The molecular weight excluding hydrogens is 384 g/mol. The van der Waals surface area contributed by atoms with Crippen molar-refractivity contribution in [3.63, 3.8) is 0 Å². The molecule has 0 aliphatic carbocycles. The molecule has 3 rings (SSSR count). The van der Waals surface area contributed by atoms with Gasteiger partial charge in [-0.3, -0.25) is 9.52 Å². The maximum absolute atomic E-state index is 12.5. The third kappa shape index (κ3) is 4.94. The molecule has 3 aromatic rings. The molecule has 0 aliphatic heterocycles. The van der Waals surface area contributed by atoms with E-state index in [2.05, 4.69) is 10.0 Å². The first-order valence-corrected chi connectivity index (χ1v) is 10.4. The second kappa shape index (κ2) is 8.34. The van der Waals surface area contributed by atoms with Crippen molar-refractivity contribution in [3.8, 4) is 0 Å². The van der Waals surface area contributed by atoms with Crippen molar-refractivity contribution in [2.24, 2.45) is 0 Å². The Morgan fingerprint density at radius 2 is 1.81 bits per heavy atom. The van der Waals surface area contributed by atoms with Gasteiger partial charge in [-0.2, -0.15) is 0 Å². The lowest BCUT2D eigenvalue weighted by atomic mass is 10.1. The summed E-state index contributed by atoms with van der Waals surface area (Å²) in [6.07, 6.45) is 0. The van der Waals surface area contributed by atoms with Crippen LogP contribution in [-0.4, -0.2) is 21.4 Å². The van der Waals surface area contributed by atoms with E-state index in [1.165, 1.54) is 12.1 Å². The normalized spacial score (nSPS) is 11.1. The molecule has 6 nitrogen and oxygen atoms in total. The molecule has 0 spiro atoms. The summed E-state index contributed by atoms with van der Waals surface area (Å²) in [5, 5.41) is 4.50. The second-order valence-electron chi connectivity index (χ2n) is 5.71. The van der Waals surface area contributed by atoms with Gasteiger partial charge in [0, 0.05) is 24.0 Å². The number of amides is 1. The first-order valence-electron chi connectivity index (χ1n) is 8.03. The molecule has 1 amide bonds. The van der Waals surface area contributed by atoms with E-state index in [1.54, 1.807) is 42.8 Å². The molecule has 0 saturated heterocycles. The van der Waals surface area contributed by atoms with Crippen molar-refractivity contribution in [1.29, 1.82) is 0 Å². The zero-order valence-electron chi connectivity index (χ0n) is 14.5. The van der Waals surface area contributed by atoms with Crippen molar-refractivity contribution in [2.45, 2.75) is 10.8 Å². The van der Waals surface area contributed by atoms with E-state index in [0.29, 0.717) is 23.5 Å². The van der Waals surface area contributed by atoms with Crippen LogP contribution in [0, 0.1) is 0 Å². The number of benzene rings is 2. The van der Waals surface area contributed by atoms with Gasteiger partial charge in [-0.05, 0) is 47.3 Å². The molecule has 0 radical (unpaired) electrons. The number of carbonyl (C=O) groups is 1. The quantitative estimate of drug-likeness (QED) is 0.627. The fraction of sp³-hybridized carbons (Fsp3) is 0.105. The molecule has 1 heterocycles. The van der Waals surface area contributed by atoms with Crippen LogP contribution in [0.3, 0.4) is 0 Å². The van der Waals surface area contributed by atoms with E-state index in [1.807, 2.05) is 18.2 Å². The first kappa shape index (κ1) is 19.1. The van der Waals surface area contributed by atoms with Gasteiger partial charge in [0.1, 0.15) is 4.21 Å². The maximum atomic E-state index is 12.5. The van der Waals surface area contributed by atoms with Gasteiger partial charge < -0.3 is 10.1 Å². The standard InChI is InChI=1S/C19H18N2O4S2/c1-25-13-14-5-2-7-16(11-14)20-19(22)15-6-3-8-17(12-15)21-27(23,24)18-9-4-10-26-18/h2-12,21H,13H2,1H3,(H,20,22). The zero-order chi connectivity index (χ0) is 19.3. The third-order valence-corrected chi connectivity index (χ3v) is 6.41. The Hall–Kier alpha value is -2.68. The second-order valence-corrected chi connectivity index (χ2v) is 8.56. The van der Waals surface area contributed by atoms with Crippen LogP contribution in [0.25, 0.3) is 0 Å². The maximum Gasteiger partial charge on any atom is 0.271 e. The largest absolute Gasteiger partial charge is 0.380 e. The number of carbonyl (C=O) groups excluding carboxylic acids is 1. The number of methoxy groups -OCH3 is 1. The Bertz CT molecular complexity index is 1030. The van der Waals surface area contributed by atoms with E-state index in [9.17, 15) is 13.2 Å². The molecule has 2 aromatic carbocycles. The Balaban J connectivity index is 1.75. The van der Waals surface area contributed by atoms with Crippen LogP contribution in [0.1, 0.15) is 15.9 Å². The third-order valence-electron chi connectivity index (χ3n) is 3.63. The Kier molecular flexibility index (Phi) is 5.90. The van der Waals surface area contributed by atoms with Crippen molar-refractivity contribution in [1.82, 2.24) is 0 Å². The minimum atomic E-state index is -3.66. The predicted octanol–water partition coefficient (Wildman–Crippen LogP) is 3.95. The van der Waals surface area contributed by atoms with E-state index in [0.717, 1.165) is 16.9 Å². The fourth-order valence-corrected chi connectivity index (χ4v) is 4.50. The number of hydrogen-bond acceptors (Lipinski definition) is 5. The topological polar surface area (TPSA) is 84.5 Å². The molecule has 0 fully saturated rings. The molecule has 0 saturated carbocycles. The molecule has 8 heteroatoms. The molecule has 0 bridgehead atoms. The van der Waals surface area contributed by atoms with Gasteiger partial charge in [-0.25, -0.2) is 8.42 Å². The van der Waals surface area contributed by atoms with Crippen LogP contribution in [0.15, 0.2) is 70.3 Å². The van der Waals surface area contributed by atoms with Gasteiger partial charge in [-0.15, -0.1) is 11.3 Å². The van der Waals surface area contributed by atoms with Crippen LogP contribution in [0.4, 0.5) is 11.4 Å². The number of rotatable bonds is 7. The smallest absolute Gasteiger partial charge is 0.271 e. The monoisotopic (exact) mass is 402 g/mol. The van der Waals surface area contributed by atoms with Gasteiger partial charge >= 0.3 is 0 Å². The Morgan fingerprint density at radius 3 is 2.56 bits per heavy atom. The highest BCUT2D eigenvalue weighted by atomic mass is 32.2. The van der Waals surface area contributed by atoms with Gasteiger partial charge in [0.15, 0.2) is 0 Å². The van der Waals surface area contributed by atoms with E-state index < -0.39 is 10.0 Å². The minimum Gasteiger partial charge on any atom is -0.380 e. The summed E-state index contributed by atoms with van der Waals surface area (Å²) in [6.45, 7) is 0.448. The first-order chi connectivity index (χ1) is 13.0. The average molecular weight is 402 g/mol. The van der Waals surface area contributed by atoms with Crippen molar-refractivity contribution in [2.75, 3.05) is 17.1 Å². The van der Waals surface area contributed by atoms with Crippen LogP contribution in [0.2, 0.25) is 0 Å². The number of nitrogens with one attached hydrogen (secondary N) is 2. The van der Waals surface area contributed by atoms with Gasteiger partial charge in [0.25, 0.3) is 15.9 Å². The summed E-state index contributed by atoms with van der Waals surface area (Å²) in [6, 6.07) is 16.9. The average Bonchev–Trinajstić information content (AvgIpc) is 3.18. The fourth-order valence-electron chi connectivity index (χ4n) is 2.45. The number of ether oxygens (including phenoxy) is 1. The van der Waals surface area contributed by atoms with Gasteiger partial charge in [0.05, 0.1) is 6.61 Å². The number of thiophene rings is 1.